The number of halogens is 1. The summed E-state index contributed by atoms with van der Waals surface area (Å²) < 4.78 is 29.8. The van der Waals surface area contributed by atoms with Crippen molar-refractivity contribution in [1.29, 1.82) is 0 Å². The Morgan fingerprint density at radius 3 is 2.70 bits per heavy atom. The van der Waals surface area contributed by atoms with Crippen LogP contribution in [0.1, 0.15) is 19.3 Å². The van der Waals surface area contributed by atoms with Crippen molar-refractivity contribution < 1.29 is 22.7 Å². The van der Waals surface area contributed by atoms with Gasteiger partial charge in [0.2, 0.25) is 5.91 Å². The SMILES string of the molecule is O=C(Nc1cc(Br)ccc1N1CCOCC1)C1=NN(C2CCS(=O)(=O)C2)C(=O)CC1. The highest BCUT2D eigenvalue weighted by Gasteiger charge is 2.37. The lowest BCUT2D eigenvalue weighted by Gasteiger charge is -2.31. The highest BCUT2D eigenvalue weighted by Crippen LogP contribution is 2.30. The van der Waals surface area contributed by atoms with Crippen LogP contribution in [0.25, 0.3) is 0 Å². The Morgan fingerprint density at radius 2 is 2.00 bits per heavy atom. The van der Waals surface area contributed by atoms with Crippen LogP contribution in [0.5, 0.6) is 0 Å². The van der Waals surface area contributed by atoms with Crippen LogP contribution in [0, 0.1) is 0 Å². The summed E-state index contributed by atoms with van der Waals surface area (Å²) in [7, 11) is -3.16. The van der Waals surface area contributed by atoms with Gasteiger partial charge in [-0.3, -0.25) is 9.59 Å². The van der Waals surface area contributed by atoms with Gasteiger partial charge in [-0.2, -0.15) is 5.10 Å². The van der Waals surface area contributed by atoms with E-state index in [4.69, 9.17) is 4.74 Å². The molecule has 0 saturated carbocycles. The minimum Gasteiger partial charge on any atom is -0.378 e. The second-order valence-electron chi connectivity index (χ2n) is 7.56. The van der Waals surface area contributed by atoms with Gasteiger partial charge in [-0.15, -0.1) is 0 Å². The van der Waals surface area contributed by atoms with Crippen LogP contribution in [-0.4, -0.2) is 74.8 Å². The van der Waals surface area contributed by atoms with Crippen molar-refractivity contribution in [3.05, 3.63) is 22.7 Å². The molecule has 1 atom stereocenters. The Morgan fingerprint density at radius 1 is 1.23 bits per heavy atom. The molecule has 3 heterocycles. The van der Waals surface area contributed by atoms with E-state index in [1.165, 1.54) is 5.01 Å². The van der Waals surface area contributed by atoms with E-state index in [0.29, 0.717) is 25.3 Å². The van der Waals surface area contributed by atoms with E-state index in [0.717, 1.165) is 23.2 Å². The van der Waals surface area contributed by atoms with E-state index in [2.05, 4.69) is 31.2 Å². The maximum absolute atomic E-state index is 13.0. The maximum atomic E-state index is 13.0. The lowest BCUT2D eigenvalue weighted by Crippen LogP contribution is -2.42. The molecule has 1 aromatic carbocycles. The third-order valence-corrected chi connectivity index (χ3v) is 7.68. The van der Waals surface area contributed by atoms with Crippen LogP contribution in [0.15, 0.2) is 27.8 Å². The Bertz CT molecular complexity index is 991. The summed E-state index contributed by atoms with van der Waals surface area (Å²) in [6, 6.07) is 5.19. The third-order valence-electron chi connectivity index (χ3n) is 5.43. The first-order valence-corrected chi connectivity index (χ1v) is 12.5. The number of nitrogens with zero attached hydrogens (tertiary/aromatic N) is 3. The minimum atomic E-state index is -3.16. The molecular weight excluding hydrogens is 476 g/mol. The monoisotopic (exact) mass is 498 g/mol. The molecule has 0 bridgehead atoms. The summed E-state index contributed by atoms with van der Waals surface area (Å²) >= 11 is 3.44. The molecule has 30 heavy (non-hydrogen) atoms. The largest absolute Gasteiger partial charge is 0.378 e. The van der Waals surface area contributed by atoms with Crippen LogP contribution in [-0.2, 0) is 24.2 Å². The van der Waals surface area contributed by atoms with Gasteiger partial charge in [-0.25, -0.2) is 13.4 Å². The number of sulfone groups is 1. The zero-order valence-corrected chi connectivity index (χ0v) is 18.7. The van der Waals surface area contributed by atoms with Gasteiger partial charge in [0.25, 0.3) is 5.91 Å². The van der Waals surface area contributed by atoms with Crippen LogP contribution in [0.4, 0.5) is 11.4 Å². The number of benzene rings is 1. The van der Waals surface area contributed by atoms with Gasteiger partial charge in [-0.05, 0) is 24.6 Å². The molecule has 2 saturated heterocycles. The molecule has 1 N–H and O–H groups in total. The fourth-order valence-electron chi connectivity index (χ4n) is 3.87. The van der Waals surface area contributed by atoms with Crippen molar-refractivity contribution in [3.8, 4) is 0 Å². The van der Waals surface area contributed by atoms with Crippen molar-refractivity contribution in [3.63, 3.8) is 0 Å². The quantitative estimate of drug-likeness (QED) is 0.671. The number of hydrogen-bond acceptors (Lipinski definition) is 7. The number of ether oxygens (including phenoxy) is 1. The molecule has 0 aromatic heterocycles. The fraction of sp³-hybridized carbons (Fsp3) is 0.526. The van der Waals surface area contributed by atoms with E-state index in [-0.39, 0.29) is 41.9 Å². The number of hydrazone groups is 1. The van der Waals surface area contributed by atoms with Crippen LogP contribution < -0.4 is 10.2 Å². The molecule has 11 heteroatoms. The second-order valence-corrected chi connectivity index (χ2v) is 10.7. The molecule has 3 aliphatic rings. The van der Waals surface area contributed by atoms with Gasteiger partial charge in [0.15, 0.2) is 9.84 Å². The molecule has 0 spiro atoms. The normalized spacial score (nSPS) is 24.0. The molecule has 9 nitrogen and oxygen atoms in total. The Labute approximate surface area is 183 Å². The van der Waals surface area contributed by atoms with E-state index < -0.39 is 15.9 Å². The number of carbonyl (C=O) groups excluding carboxylic acids is 2. The average molecular weight is 499 g/mol. The average Bonchev–Trinajstić information content (AvgIpc) is 3.08. The maximum Gasteiger partial charge on any atom is 0.271 e. The van der Waals surface area contributed by atoms with E-state index in [1.54, 1.807) is 0 Å². The Balaban J connectivity index is 1.54. The zero-order valence-electron chi connectivity index (χ0n) is 16.3. The molecular formula is C19H23BrN4O5S. The summed E-state index contributed by atoms with van der Waals surface area (Å²) in [5.41, 5.74) is 1.76. The van der Waals surface area contributed by atoms with Gasteiger partial charge in [-0.1, -0.05) is 15.9 Å². The first-order chi connectivity index (χ1) is 14.3. The molecule has 3 aliphatic heterocycles. The van der Waals surface area contributed by atoms with Crippen molar-refractivity contribution >= 4 is 54.7 Å². The van der Waals surface area contributed by atoms with Crippen LogP contribution >= 0.6 is 15.9 Å². The Hall–Kier alpha value is -1.98. The second kappa shape index (κ2) is 8.64. The fourth-order valence-corrected chi connectivity index (χ4v) is 5.92. The van der Waals surface area contributed by atoms with Crippen molar-refractivity contribution in [2.24, 2.45) is 5.10 Å². The zero-order chi connectivity index (χ0) is 21.3. The van der Waals surface area contributed by atoms with E-state index in [1.807, 2.05) is 18.2 Å². The first kappa shape index (κ1) is 21.3. The molecule has 0 radical (unpaired) electrons. The van der Waals surface area contributed by atoms with Crippen molar-refractivity contribution in [1.82, 2.24) is 5.01 Å². The summed E-state index contributed by atoms with van der Waals surface area (Å²) in [5.74, 6) is -0.699. The van der Waals surface area contributed by atoms with Gasteiger partial charge in [0, 0.05) is 30.4 Å². The van der Waals surface area contributed by atoms with Crippen molar-refractivity contribution in [2.75, 3.05) is 48.0 Å². The number of anilines is 2. The van der Waals surface area contributed by atoms with Crippen molar-refractivity contribution in [2.45, 2.75) is 25.3 Å². The predicted octanol–water partition coefficient (Wildman–Crippen LogP) is 1.39. The molecule has 162 valence electrons. The summed E-state index contributed by atoms with van der Waals surface area (Å²) in [4.78, 5) is 27.4. The Kier molecular flexibility index (Phi) is 6.12. The molecule has 2 amide bonds. The predicted molar refractivity (Wildman–Crippen MR) is 116 cm³/mol. The molecule has 0 aliphatic carbocycles. The number of rotatable bonds is 4. The highest BCUT2D eigenvalue weighted by molar-refractivity contribution is 9.10. The standard InChI is InChI=1S/C19H23BrN4O5S/c20-13-1-3-17(23-6-8-29-9-7-23)16(11-13)21-19(26)15-2-4-18(25)24(22-15)14-5-10-30(27,28)12-14/h1,3,11,14H,2,4-10,12H2,(H,21,26). The number of morpholine rings is 1. The molecule has 1 aromatic rings. The summed E-state index contributed by atoms with van der Waals surface area (Å²) in [6.07, 6.45) is 0.707. The van der Waals surface area contributed by atoms with Gasteiger partial charge in [0.1, 0.15) is 5.71 Å². The first-order valence-electron chi connectivity index (χ1n) is 9.86. The number of amides is 2. The van der Waals surface area contributed by atoms with Gasteiger partial charge in [0.05, 0.1) is 42.1 Å². The smallest absolute Gasteiger partial charge is 0.271 e. The number of nitrogens with one attached hydrogen (secondary N) is 1. The molecule has 2 fully saturated rings. The van der Waals surface area contributed by atoms with Gasteiger partial charge < -0.3 is 15.0 Å². The molecule has 4 rings (SSSR count). The van der Waals surface area contributed by atoms with Gasteiger partial charge >= 0.3 is 0 Å². The van der Waals surface area contributed by atoms with E-state index >= 15 is 0 Å². The third kappa shape index (κ3) is 4.68. The van der Waals surface area contributed by atoms with Crippen LogP contribution in [0.3, 0.4) is 0 Å². The summed E-state index contributed by atoms with van der Waals surface area (Å²) in [6.45, 7) is 2.70. The lowest BCUT2D eigenvalue weighted by molar-refractivity contribution is -0.133. The topological polar surface area (TPSA) is 108 Å². The number of carbonyl (C=O) groups is 2. The molecule has 1 unspecified atom stereocenters. The number of hydrogen-bond donors (Lipinski definition) is 1. The minimum absolute atomic E-state index is 0.0411. The highest BCUT2D eigenvalue weighted by atomic mass is 79.9. The van der Waals surface area contributed by atoms with Crippen LogP contribution in [0.2, 0.25) is 0 Å². The van der Waals surface area contributed by atoms with E-state index in [9.17, 15) is 18.0 Å². The summed E-state index contributed by atoms with van der Waals surface area (Å²) in [5, 5.41) is 8.37. The lowest BCUT2D eigenvalue weighted by atomic mass is 10.1.